The molecule has 3 aliphatic rings. The largest absolute Gasteiger partial charge is 0.494 e. The van der Waals surface area contributed by atoms with Crippen LogP contribution in [0.2, 0.25) is 0 Å². The molecule has 29 heavy (non-hydrogen) atoms. The summed E-state index contributed by atoms with van der Waals surface area (Å²) in [5, 5.41) is 8.78. The van der Waals surface area contributed by atoms with E-state index in [4.69, 9.17) is 9.88 Å². The molecule has 2 fully saturated rings. The molecule has 2 saturated carbocycles. The summed E-state index contributed by atoms with van der Waals surface area (Å²) in [5.74, 6) is 1.63. The smallest absolute Gasteiger partial charge is 0.237 e. The number of methoxy groups -OCH3 is 1. The van der Waals surface area contributed by atoms with Crippen LogP contribution in [0.3, 0.4) is 0 Å². The van der Waals surface area contributed by atoms with Gasteiger partial charge in [-0.15, -0.1) is 0 Å². The fraction of sp³-hybridized carbons (Fsp3) is 0.545. The maximum atomic E-state index is 13.5. The number of primary sulfonamides is 1. The second-order valence-corrected chi connectivity index (χ2v) is 10.3. The zero-order valence-corrected chi connectivity index (χ0v) is 17.7. The van der Waals surface area contributed by atoms with Gasteiger partial charge in [0.1, 0.15) is 11.6 Å². The lowest BCUT2D eigenvalue weighted by molar-refractivity contribution is 0.358. The van der Waals surface area contributed by atoms with E-state index in [1.807, 2.05) is 6.08 Å². The average Bonchev–Trinajstić information content (AvgIpc) is 3.01. The number of halogens is 1. The van der Waals surface area contributed by atoms with Crippen molar-refractivity contribution in [2.75, 3.05) is 19.0 Å². The summed E-state index contributed by atoms with van der Waals surface area (Å²) in [7, 11) is -2.12. The van der Waals surface area contributed by atoms with E-state index in [0.29, 0.717) is 28.9 Å². The molecule has 1 spiro atoms. The molecule has 158 valence electrons. The van der Waals surface area contributed by atoms with Gasteiger partial charge < -0.3 is 10.1 Å². The highest BCUT2D eigenvalue weighted by atomic mass is 32.2. The zero-order valence-electron chi connectivity index (χ0n) is 16.9. The molecule has 0 aliphatic heterocycles. The quantitative estimate of drug-likeness (QED) is 0.728. The lowest BCUT2D eigenvalue weighted by Gasteiger charge is -2.24. The number of nitrogens with two attached hydrogens (primary N) is 1. The first kappa shape index (κ1) is 20.4. The highest BCUT2D eigenvalue weighted by molar-refractivity contribution is 7.93. The van der Waals surface area contributed by atoms with E-state index in [9.17, 15) is 12.8 Å². The van der Waals surface area contributed by atoms with E-state index < -0.39 is 10.0 Å². The van der Waals surface area contributed by atoms with Crippen LogP contribution in [-0.2, 0) is 10.0 Å². The van der Waals surface area contributed by atoms with Gasteiger partial charge in [0.05, 0.1) is 17.7 Å². The van der Waals surface area contributed by atoms with E-state index in [1.165, 1.54) is 37.8 Å². The molecule has 4 unspecified atom stereocenters. The summed E-state index contributed by atoms with van der Waals surface area (Å²) in [6.45, 7) is 2.88. The minimum absolute atomic E-state index is 0.126. The molecule has 5 nitrogen and oxygen atoms in total. The Bertz CT molecular complexity index is 951. The van der Waals surface area contributed by atoms with E-state index in [1.54, 1.807) is 25.3 Å². The molecular formula is C22H29FN2O3S. The van der Waals surface area contributed by atoms with Gasteiger partial charge in [0.2, 0.25) is 10.0 Å². The predicted octanol–water partition coefficient (Wildman–Crippen LogP) is 4.05. The predicted molar refractivity (Wildman–Crippen MR) is 112 cm³/mol. The Morgan fingerprint density at radius 2 is 2.03 bits per heavy atom. The van der Waals surface area contributed by atoms with Gasteiger partial charge in [0.15, 0.2) is 0 Å². The number of anilines is 1. The fourth-order valence-corrected chi connectivity index (χ4v) is 6.48. The zero-order chi connectivity index (χ0) is 20.8. The van der Waals surface area contributed by atoms with Crippen molar-refractivity contribution < 1.29 is 17.5 Å². The standard InChI is InChI=1S/C22H29FN2O3S/c1-14-11-16(29(24,26)27)6-7-17(14)21-18(22(21)9-3-4-10-22)13-25-19-8-5-15(23)12-20(19)28-2/h5-8,11-12,14,17-18,21,25H,3-4,9-10,13H2,1-2H3,(H2,24,26,27). The molecule has 0 heterocycles. The van der Waals surface area contributed by atoms with Crippen molar-refractivity contribution in [2.45, 2.75) is 32.6 Å². The highest BCUT2D eigenvalue weighted by Crippen LogP contribution is 2.71. The molecule has 0 aromatic heterocycles. The molecule has 0 saturated heterocycles. The van der Waals surface area contributed by atoms with Crippen molar-refractivity contribution >= 4 is 15.7 Å². The molecule has 3 aliphatic carbocycles. The number of rotatable bonds is 6. The molecule has 3 N–H and O–H groups in total. The Morgan fingerprint density at radius 3 is 2.66 bits per heavy atom. The van der Waals surface area contributed by atoms with Crippen LogP contribution in [0.15, 0.2) is 41.3 Å². The summed E-state index contributed by atoms with van der Waals surface area (Å²) in [4.78, 5) is 0.216. The molecule has 4 rings (SSSR count). The fourth-order valence-electron chi connectivity index (χ4n) is 5.81. The second-order valence-electron chi connectivity index (χ2n) is 8.71. The molecule has 0 bridgehead atoms. The van der Waals surface area contributed by atoms with E-state index >= 15 is 0 Å². The minimum atomic E-state index is -3.67. The summed E-state index contributed by atoms with van der Waals surface area (Å²) < 4.78 is 42.2. The summed E-state index contributed by atoms with van der Waals surface area (Å²) in [6, 6.07) is 4.55. The van der Waals surface area contributed by atoms with Crippen molar-refractivity contribution in [3.05, 3.63) is 47.1 Å². The Kier molecular flexibility index (Phi) is 5.23. The molecule has 0 radical (unpaired) electrons. The van der Waals surface area contributed by atoms with Crippen molar-refractivity contribution in [1.82, 2.24) is 0 Å². The topological polar surface area (TPSA) is 81.4 Å². The molecule has 1 aromatic carbocycles. The number of benzene rings is 1. The van der Waals surface area contributed by atoms with Crippen molar-refractivity contribution in [2.24, 2.45) is 34.2 Å². The minimum Gasteiger partial charge on any atom is -0.494 e. The monoisotopic (exact) mass is 420 g/mol. The van der Waals surface area contributed by atoms with Gasteiger partial charge in [-0.2, -0.15) is 0 Å². The van der Waals surface area contributed by atoms with Gasteiger partial charge in [-0.05, 0) is 60.1 Å². The van der Waals surface area contributed by atoms with Crippen molar-refractivity contribution in [3.63, 3.8) is 0 Å². The first-order valence-electron chi connectivity index (χ1n) is 10.3. The lowest BCUT2D eigenvalue weighted by Crippen LogP contribution is -2.21. The van der Waals surface area contributed by atoms with Gasteiger partial charge in [-0.3, -0.25) is 0 Å². The van der Waals surface area contributed by atoms with E-state index in [2.05, 4.69) is 12.2 Å². The summed E-state index contributed by atoms with van der Waals surface area (Å²) in [5.41, 5.74) is 1.12. The van der Waals surface area contributed by atoms with E-state index in [0.717, 1.165) is 12.2 Å². The summed E-state index contributed by atoms with van der Waals surface area (Å²) >= 11 is 0. The molecular weight excluding hydrogens is 391 g/mol. The third-order valence-corrected chi connectivity index (χ3v) is 8.13. The number of nitrogens with one attached hydrogen (secondary N) is 1. The molecule has 4 atom stereocenters. The van der Waals surface area contributed by atoms with Gasteiger partial charge in [-0.1, -0.05) is 31.9 Å². The van der Waals surface area contributed by atoms with Crippen LogP contribution in [0.4, 0.5) is 10.1 Å². The van der Waals surface area contributed by atoms with Crippen LogP contribution < -0.4 is 15.2 Å². The highest BCUT2D eigenvalue weighted by Gasteiger charge is 2.66. The number of hydrogen-bond donors (Lipinski definition) is 2. The SMILES string of the molecule is COc1cc(F)ccc1NCC1C(C2C=CC(S(N)(=O)=O)=CC2C)C12CCCC2. The van der Waals surface area contributed by atoms with Crippen LogP contribution in [0.5, 0.6) is 5.75 Å². The van der Waals surface area contributed by atoms with Crippen LogP contribution in [-0.4, -0.2) is 22.1 Å². The van der Waals surface area contributed by atoms with Gasteiger partial charge in [0, 0.05) is 12.6 Å². The van der Waals surface area contributed by atoms with Crippen LogP contribution in [0, 0.1) is 34.9 Å². The Hall–Kier alpha value is -1.86. The number of allylic oxidation sites excluding steroid dienone is 3. The maximum Gasteiger partial charge on any atom is 0.237 e. The van der Waals surface area contributed by atoms with Crippen LogP contribution >= 0.6 is 0 Å². The number of sulfonamides is 1. The van der Waals surface area contributed by atoms with Crippen LogP contribution in [0.25, 0.3) is 0 Å². The summed E-state index contributed by atoms with van der Waals surface area (Å²) in [6.07, 6.45) is 10.4. The van der Waals surface area contributed by atoms with Gasteiger partial charge >= 0.3 is 0 Å². The third-order valence-electron chi connectivity index (χ3n) is 7.20. The Labute approximate surface area is 172 Å². The van der Waals surface area contributed by atoms with Gasteiger partial charge in [-0.25, -0.2) is 17.9 Å². The second kappa shape index (κ2) is 7.43. The van der Waals surface area contributed by atoms with Crippen molar-refractivity contribution in [3.8, 4) is 5.75 Å². The molecule has 7 heteroatoms. The van der Waals surface area contributed by atoms with Gasteiger partial charge in [0.25, 0.3) is 0 Å². The molecule has 1 aromatic rings. The maximum absolute atomic E-state index is 13.5. The third kappa shape index (κ3) is 3.70. The Balaban J connectivity index is 1.51. The average molecular weight is 421 g/mol. The van der Waals surface area contributed by atoms with Crippen LogP contribution in [0.1, 0.15) is 32.6 Å². The Morgan fingerprint density at radius 1 is 1.31 bits per heavy atom. The van der Waals surface area contributed by atoms with E-state index in [-0.39, 0.29) is 16.6 Å². The lowest BCUT2D eigenvalue weighted by atomic mass is 9.82. The molecule has 0 amide bonds. The first-order valence-corrected chi connectivity index (χ1v) is 11.8. The first-order chi connectivity index (χ1) is 13.8. The van der Waals surface area contributed by atoms with Crippen molar-refractivity contribution in [1.29, 1.82) is 0 Å². The number of ether oxygens (including phenoxy) is 1. The normalized spacial score (nSPS) is 30.3. The number of hydrogen-bond acceptors (Lipinski definition) is 4.